The highest BCUT2D eigenvalue weighted by atomic mass is 35.5. The molecule has 25 nitrogen and oxygen atoms in total. The highest BCUT2D eigenvalue weighted by Gasteiger charge is 2.51. The molecule has 0 bridgehead atoms. The summed E-state index contributed by atoms with van der Waals surface area (Å²) in [7, 11) is 9.74. The van der Waals surface area contributed by atoms with Crippen molar-refractivity contribution in [3.05, 3.63) is 34.3 Å². The van der Waals surface area contributed by atoms with Gasteiger partial charge in [0.2, 0.25) is 70.9 Å². The second-order valence-corrected chi connectivity index (χ2v) is 28.6. The summed E-state index contributed by atoms with van der Waals surface area (Å²) in [5.74, 6) is -9.41. The first kappa shape index (κ1) is 78.9. The van der Waals surface area contributed by atoms with Gasteiger partial charge in [0.15, 0.2) is 0 Å². The van der Waals surface area contributed by atoms with Crippen molar-refractivity contribution in [1.82, 2.24) is 60.0 Å². The molecule has 5 fully saturated rings. The van der Waals surface area contributed by atoms with E-state index in [1.54, 1.807) is 20.8 Å². The number of benzene rings is 1. The summed E-state index contributed by atoms with van der Waals surface area (Å²) < 4.78 is 47.0. The summed E-state index contributed by atoms with van der Waals surface area (Å²) in [4.78, 5) is 188. The third kappa shape index (κ3) is 19.9. The lowest BCUT2D eigenvalue weighted by Crippen LogP contribution is -2.65. The van der Waals surface area contributed by atoms with Crippen molar-refractivity contribution in [3.8, 4) is 0 Å². The molecular weight excluding hydrogens is 1290 g/mol. The third-order valence-corrected chi connectivity index (χ3v) is 20.6. The molecule has 2 saturated carbocycles. The molecule has 1 aromatic rings. The number of likely N-dealkylation sites (N-methyl/N-ethyl adjacent to an activating group) is 7. The van der Waals surface area contributed by atoms with Crippen LogP contribution in [0.15, 0.2) is 18.2 Å². The summed E-state index contributed by atoms with van der Waals surface area (Å²) in [5, 5.41) is 8.04. The maximum atomic E-state index is 15.4. The Morgan fingerprint density at radius 1 is 0.670 bits per heavy atom. The molecule has 1 aromatic carbocycles. The van der Waals surface area contributed by atoms with Crippen molar-refractivity contribution in [2.24, 2.45) is 23.7 Å². The highest BCUT2D eigenvalue weighted by Crippen LogP contribution is 2.37. The van der Waals surface area contributed by atoms with Crippen LogP contribution in [0.25, 0.3) is 0 Å². The minimum absolute atomic E-state index is 0.0244. The van der Waals surface area contributed by atoms with E-state index in [1.807, 2.05) is 20.8 Å². The Balaban J connectivity index is 1.41. The van der Waals surface area contributed by atoms with Gasteiger partial charge in [0.05, 0.1) is 49.9 Å². The quantitative estimate of drug-likeness (QED) is 0.283. The van der Waals surface area contributed by atoms with Crippen LogP contribution in [-0.4, -0.2) is 265 Å². The zero-order valence-electron chi connectivity index (χ0n) is 58.9. The molecule has 3 saturated heterocycles. The third-order valence-electron chi connectivity index (χ3n) is 20.3. The summed E-state index contributed by atoms with van der Waals surface area (Å²) in [6, 6.07) is -5.80. The van der Waals surface area contributed by atoms with Gasteiger partial charge in [0.25, 0.3) is 0 Å². The standard InChI is InChI=1S/C68H104ClF3N12O13/c1-14-43(6)57-64(94)78(9)39-55(87)76(7)40-56(88)80(11)51(36-44-20-15-16-21-44)62(92)77(8)38-53(85)73-48(26-24-45-23-25-46(47(69)35-45)68(70,71)72)61(91)84-29-19-22-49(84)60(90)75-67(27-17-18-28-67)66(96)82(13)58(42(4)5)65(95)81(12)52(63(93)83-30-32-97-33-31-83)37-54(86)79(10)50(34-41(2)3)59(89)74-57/h23,25,35,41-44,48-52,57-58H,14-22,24,26-34,36-40H2,1-13H3,(H,73,85)(H,74,89)(H,75,90)/t43-,48-,49-,50-,51-,52-,57-,58-/m0/s1. The van der Waals surface area contributed by atoms with Crippen molar-refractivity contribution < 1.29 is 75.4 Å². The number of nitrogens with zero attached hydrogens (tertiary/aromatic N) is 9. The average Bonchev–Trinajstić information content (AvgIpc) is 1.75. The summed E-state index contributed by atoms with van der Waals surface area (Å²) in [6.07, 6.45) is 0.0959. The van der Waals surface area contributed by atoms with Gasteiger partial charge in [-0.2, -0.15) is 13.2 Å². The topological polar surface area (TPSA) is 279 Å². The van der Waals surface area contributed by atoms with Crippen LogP contribution in [-0.2, 0) is 74.9 Å². The van der Waals surface area contributed by atoms with Crippen LogP contribution in [0, 0.1) is 23.7 Å². The molecule has 12 amide bonds. The number of halogens is 4. The van der Waals surface area contributed by atoms with E-state index in [4.69, 9.17) is 16.3 Å². The van der Waals surface area contributed by atoms with E-state index in [2.05, 4.69) is 16.0 Å². The Morgan fingerprint density at radius 3 is 1.87 bits per heavy atom. The van der Waals surface area contributed by atoms with Crippen LogP contribution < -0.4 is 16.0 Å². The van der Waals surface area contributed by atoms with E-state index in [0.717, 1.165) is 57.4 Å². The fourth-order valence-corrected chi connectivity index (χ4v) is 14.4. The minimum Gasteiger partial charge on any atom is -0.378 e. The van der Waals surface area contributed by atoms with Gasteiger partial charge in [-0.25, -0.2) is 0 Å². The SMILES string of the molecule is CC[C@H](C)[C@@H]1NC(=O)[C@H](CC(C)C)N(C)C(=O)C[C@@H](C(=O)N2CCOCC2)N(C)C(=O)[C@H](C(C)C)N(C)C(=O)C2(CCCC2)NC(=O)[C@@H]2CCCN2C(=O)[C@H](CCc2ccc(C(F)(F)F)c(Cl)c2)NC(=O)CN(C)C(=O)[C@H](CC2CCCC2)N(C)C(=O)CN(C)C(=O)CN(C)C1=O. The molecule has 8 atom stereocenters. The first-order valence-corrected chi connectivity index (χ1v) is 34.6. The zero-order chi connectivity index (χ0) is 72.1. The van der Waals surface area contributed by atoms with E-state index >= 15 is 14.4 Å². The number of alkyl halides is 3. The monoisotopic (exact) mass is 1390 g/mol. The normalized spacial score (nSPS) is 26.2. The molecule has 0 radical (unpaired) electrons. The first-order valence-electron chi connectivity index (χ1n) is 34.3. The van der Waals surface area contributed by atoms with Gasteiger partial charge in [-0.15, -0.1) is 0 Å². The van der Waals surface area contributed by atoms with E-state index < -0.39 is 173 Å². The molecule has 5 aliphatic rings. The Bertz CT molecular complexity index is 3030. The molecule has 6 rings (SSSR count). The number of morpholine rings is 1. The number of amides is 12. The van der Waals surface area contributed by atoms with Crippen molar-refractivity contribution in [1.29, 1.82) is 0 Å². The minimum atomic E-state index is -4.76. The number of aryl methyl sites for hydroxylation is 1. The number of carbonyl (C=O) groups is 12. The summed E-state index contributed by atoms with van der Waals surface area (Å²) in [5.41, 5.74) is -2.38. The molecular formula is C68H104ClF3N12O13. The number of carbonyl (C=O) groups excluding carboxylic acids is 12. The number of hydrogen-bond donors (Lipinski definition) is 3. The van der Waals surface area contributed by atoms with Gasteiger partial charge in [-0.05, 0) is 92.7 Å². The van der Waals surface area contributed by atoms with E-state index in [9.17, 15) is 56.3 Å². The van der Waals surface area contributed by atoms with Gasteiger partial charge in [0, 0.05) is 69.0 Å². The van der Waals surface area contributed by atoms with Crippen molar-refractivity contribution in [3.63, 3.8) is 0 Å². The van der Waals surface area contributed by atoms with Crippen LogP contribution in [0.1, 0.15) is 149 Å². The predicted octanol–water partition coefficient (Wildman–Crippen LogP) is 3.96. The van der Waals surface area contributed by atoms with E-state index in [-0.39, 0.29) is 89.6 Å². The number of ether oxygens (including phenoxy) is 1. The molecule has 0 aromatic heterocycles. The largest absolute Gasteiger partial charge is 0.417 e. The maximum absolute atomic E-state index is 15.4. The molecule has 3 N–H and O–H groups in total. The lowest BCUT2D eigenvalue weighted by atomic mass is 9.91. The van der Waals surface area contributed by atoms with Crippen LogP contribution in [0.2, 0.25) is 5.02 Å². The van der Waals surface area contributed by atoms with E-state index in [0.29, 0.717) is 31.2 Å². The highest BCUT2D eigenvalue weighted by molar-refractivity contribution is 6.31. The van der Waals surface area contributed by atoms with Crippen molar-refractivity contribution >= 4 is 82.5 Å². The summed E-state index contributed by atoms with van der Waals surface area (Å²) >= 11 is 6.13. The van der Waals surface area contributed by atoms with Crippen LogP contribution in [0.3, 0.4) is 0 Å². The summed E-state index contributed by atoms with van der Waals surface area (Å²) in [6.45, 7) is 9.65. The Morgan fingerprint density at radius 2 is 1.28 bits per heavy atom. The lowest BCUT2D eigenvalue weighted by molar-refractivity contribution is -0.157. The van der Waals surface area contributed by atoms with Crippen LogP contribution in [0.5, 0.6) is 0 Å². The maximum Gasteiger partial charge on any atom is 0.417 e. The zero-order valence-corrected chi connectivity index (χ0v) is 59.7. The second kappa shape index (κ2) is 34.6. The van der Waals surface area contributed by atoms with Crippen molar-refractivity contribution in [2.75, 3.05) is 102 Å². The molecule has 542 valence electrons. The van der Waals surface area contributed by atoms with Crippen LogP contribution in [0.4, 0.5) is 13.2 Å². The predicted molar refractivity (Wildman–Crippen MR) is 354 cm³/mol. The Kier molecular flexibility index (Phi) is 28.1. The van der Waals surface area contributed by atoms with E-state index in [1.165, 1.54) is 79.9 Å². The van der Waals surface area contributed by atoms with Gasteiger partial charge in [-0.1, -0.05) is 104 Å². The second-order valence-electron chi connectivity index (χ2n) is 28.2. The lowest BCUT2D eigenvalue weighted by Gasteiger charge is -2.42. The van der Waals surface area contributed by atoms with Gasteiger partial charge in [0.1, 0.15) is 47.8 Å². The fraction of sp³-hybridized carbons (Fsp3) is 0.735. The number of hydrogen-bond acceptors (Lipinski definition) is 13. The van der Waals surface area contributed by atoms with Crippen LogP contribution >= 0.6 is 11.6 Å². The smallest absolute Gasteiger partial charge is 0.378 e. The fourth-order valence-electron chi connectivity index (χ4n) is 14.1. The first-order chi connectivity index (χ1) is 45.5. The average molecular weight is 1390 g/mol. The molecule has 0 unspecified atom stereocenters. The molecule has 3 heterocycles. The number of fused-ring (bicyclic) bond motifs is 1. The molecule has 1 spiro atoms. The van der Waals surface area contributed by atoms with Crippen molar-refractivity contribution in [2.45, 2.75) is 198 Å². The number of nitrogens with one attached hydrogen (secondary N) is 3. The Labute approximate surface area is 573 Å². The van der Waals surface area contributed by atoms with Gasteiger partial charge in [-0.3, -0.25) is 57.5 Å². The van der Waals surface area contributed by atoms with Gasteiger partial charge >= 0.3 is 6.18 Å². The molecule has 2 aliphatic carbocycles. The number of rotatable bonds is 11. The Hall–Kier alpha value is -7.10. The molecule has 29 heteroatoms. The van der Waals surface area contributed by atoms with Gasteiger partial charge < -0.3 is 64.8 Å². The molecule has 3 aliphatic heterocycles. The molecule has 97 heavy (non-hydrogen) atoms.